The highest BCUT2D eigenvalue weighted by molar-refractivity contribution is 6.31. The lowest BCUT2D eigenvalue weighted by Gasteiger charge is -2.14. The van der Waals surface area contributed by atoms with E-state index in [0.717, 1.165) is 6.07 Å². The number of methoxy groups -OCH3 is 1. The number of nitrogens with two attached hydrogens (primary N) is 1. The molecule has 3 nitrogen and oxygen atoms in total. The average Bonchev–Trinajstić information content (AvgIpc) is 2.10. The van der Waals surface area contributed by atoms with Crippen LogP contribution in [-0.2, 0) is 0 Å². The highest BCUT2D eigenvalue weighted by Gasteiger charge is 2.20. The Morgan fingerprint density at radius 2 is 2.21 bits per heavy atom. The molecule has 0 heterocycles. The van der Waals surface area contributed by atoms with Gasteiger partial charge in [0.15, 0.2) is 17.3 Å². The third kappa shape index (κ3) is 1.76. The van der Waals surface area contributed by atoms with E-state index >= 15 is 0 Å². The molecule has 0 aromatic heterocycles. The fourth-order valence-corrected chi connectivity index (χ4v) is 1.44. The second-order valence-electron chi connectivity index (χ2n) is 2.93. The maximum absolute atomic E-state index is 13.5. The van der Waals surface area contributed by atoms with Gasteiger partial charge in [-0.3, -0.25) is 0 Å². The lowest BCUT2D eigenvalue weighted by Crippen LogP contribution is -2.10. The van der Waals surface area contributed by atoms with E-state index in [9.17, 15) is 9.50 Å². The Hall–Kier alpha value is -1.00. The van der Waals surface area contributed by atoms with E-state index in [1.165, 1.54) is 7.11 Å². The van der Waals surface area contributed by atoms with Crippen LogP contribution in [0.3, 0.4) is 0 Å². The third-order valence-corrected chi connectivity index (χ3v) is 2.12. The molecule has 78 valence electrons. The van der Waals surface area contributed by atoms with Gasteiger partial charge in [-0.25, -0.2) is 4.39 Å². The number of ether oxygens (including phenoxy) is 1. The molecule has 0 amide bonds. The second kappa shape index (κ2) is 4.02. The molecule has 0 saturated heterocycles. The fourth-order valence-electron chi connectivity index (χ4n) is 1.24. The molecule has 1 atom stereocenters. The molecule has 0 aliphatic heterocycles. The fraction of sp³-hybridized carbons (Fsp3) is 0.333. The SMILES string of the molecule is COc1c(O)cc(Cl)c(F)c1C(C)N. The summed E-state index contributed by atoms with van der Waals surface area (Å²) in [5, 5.41) is 9.24. The molecule has 3 N–H and O–H groups in total. The Balaban J connectivity index is 3.48. The number of aromatic hydroxyl groups is 1. The van der Waals surface area contributed by atoms with Gasteiger partial charge in [0.2, 0.25) is 0 Å². The Kier molecular flexibility index (Phi) is 3.18. The predicted octanol–water partition coefficient (Wildman–Crippen LogP) is 2.21. The molecule has 5 heteroatoms. The van der Waals surface area contributed by atoms with Crippen LogP contribution in [0.5, 0.6) is 11.5 Å². The molecule has 1 unspecified atom stereocenters. The van der Waals surface area contributed by atoms with Gasteiger partial charge < -0.3 is 15.6 Å². The normalized spacial score (nSPS) is 12.6. The van der Waals surface area contributed by atoms with Gasteiger partial charge in [-0.05, 0) is 6.92 Å². The van der Waals surface area contributed by atoms with Crippen molar-refractivity contribution in [3.63, 3.8) is 0 Å². The number of hydrogen-bond donors (Lipinski definition) is 2. The van der Waals surface area contributed by atoms with E-state index in [2.05, 4.69) is 0 Å². The van der Waals surface area contributed by atoms with Crippen LogP contribution in [0.25, 0.3) is 0 Å². The van der Waals surface area contributed by atoms with Crippen molar-refractivity contribution >= 4 is 11.6 Å². The van der Waals surface area contributed by atoms with Crippen LogP contribution >= 0.6 is 11.6 Å². The molecule has 0 aliphatic carbocycles. The minimum atomic E-state index is -0.656. The number of hydrogen-bond acceptors (Lipinski definition) is 3. The topological polar surface area (TPSA) is 55.5 Å². The van der Waals surface area contributed by atoms with Crippen molar-refractivity contribution in [1.29, 1.82) is 0 Å². The van der Waals surface area contributed by atoms with Crippen molar-refractivity contribution in [2.45, 2.75) is 13.0 Å². The minimum Gasteiger partial charge on any atom is -0.504 e. The van der Waals surface area contributed by atoms with Crippen LogP contribution < -0.4 is 10.5 Å². The second-order valence-corrected chi connectivity index (χ2v) is 3.33. The Bertz CT molecular complexity index is 355. The van der Waals surface area contributed by atoms with Crippen molar-refractivity contribution in [1.82, 2.24) is 0 Å². The lowest BCUT2D eigenvalue weighted by atomic mass is 10.1. The number of phenolic OH excluding ortho intramolecular Hbond substituents is 1. The quantitative estimate of drug-likeness (QED) is 0.802. The average molecular weight is 220 g/mol. The van der Waals surface area contributed by atoms with Crippen molar-refractivity contribution in [2.75, 3.05) is 7.11 Å². The maximum atomic E-state index is 13.5. The number of halogens is 2. The van der Waals surface area contributed by atoms with Gasteiger partial charge >= 0.3 is 0 Å². The molecule has 0 radical (unpaired) electrons. The van der Waals surface area contributed by atoms with E-state index in [0.29, 0.717) is 0 Å². The summed E-state index contributed by atoms with van der Waals surface area (Å²) in [5.41, 5.74) is 5.62. The summed E-state index contributed by atoms with van der Waals surface area (Å²) in [4.78, 5) is 0. The van der Waals surface area contributed by atoms with Crippen LogP contribution in [0.1, 0.15) is 18.5 Å². The van der Waals surface area contributed by atoms with Crippen LogP contribution in [0, 0.1) is 5.82 Å². The molecule has 14 heavy (non-hydrogen) atoms. The molecular formula is C9H11ClFNO2. The van der Waals surface area contributed by atoms with Gasteiger partial charge in [-0.15, -0.1) is 0 Å². The van der Waals surface area contributed by atoms with Gasteiger partial charge in [-0.2, -0.15) is 0 Å². The van der Waals surface area contributed by atoms with Crippen molar-refractivity contribution in [3.05, 3.63) is 22.5 Å². The third-order valence-electron chi connectivity index (χ3n) is 1.85. The summed E-state index contributed by atoms with van der Waals surface area (Å²) in [5.74, 6) is -0.843. The summed E-state index contributed by atoms with van der Waals surface area (Å²) in [7, 11) is 1.33. The smallest absolute Gasteiger partial charge is 0.168 e. The van der Waals surface area contributed by atoms with Crippen LogP contribution in [0.2, 0.25) is 5.02 Å². The Morgan fingerprint density at radius 3 is 2.64 bits per heavy atom. The molecule has 0 fully saturated rings. The van der Waals surface area contributed by atoms with Gasteiger partial charge in [0.1, 0.15) is 0 Å². The summed E-state index contributed by atoms with van der Waals surface area (Å²) in [6.07, 6.45) is 0. The first-order valence-corrected chi connectivity index (χ1v) is 4.37. The molecule has 0 saturated carbocycles. The standard InChI is InChI=1S/C9H11ClFNO2/c1-4(12)7-8(11)5(10)3-6(13)9(7)14-2/h3-4,13H,12H2,1-2H3. The summed E-state index contributed by atoms with van der Waals surface area (Å²) < 4.78 is 18.3. The van der Waals surface area contributed by atoms with E-state index in [1.807, 2.05) is 0 Å². The highest BCUT2D eigenvalue weighted by Crippen LogP contribution is 2.38. The predicted molar refractivity (Wildman–Crippen MR) is 52.2 cm³/mol. The van der Waals surface area contributed by atoms with Crippen LogP contribution in [0.4, 0.5) is 4.39 Å². The van der Waals surface area contributed by atoms with Gasteiger partial charge in [0.25, 0.3) is 0 Å². The van der Waals surface area contributed by atoms with Crippen LogP contribution in [0.15, 0.2) is 6.07 Å². The summed E-state index contributed by atoms with van der Waals surface area (Å²) in [6, 6.07) is 0.483. The zero-order valence-corrected chi connectivity index (χ0v) is 8.60. The van der Waals surface area contributed by atoms with Gasteiger partial charge in [0, 0.05) is 12.1 Å². The summed E-state index contributed by atoms with van der Waals surface area (Å²) in [6.45, 7) is 1.58. The molecule has 0 spiro atoms. The molecule has 0 aliphatic rings. The first-order chi connectivity index (χ1) is 6.49. The zero-order chi connectivity index (χ0) is 10.9. The molecule has 0 bridgehead atoms. The number of phenols is 1. The molecular weight excluding hydrogens is 209 g/mol. The number of rotatable bonds is 2. The van der Waals surface area contributed by atoms with E-state index in [1.54, 1.807) is 6.92 Å². The lowest BCUT2D eigenvalue weighted by molar-refractivity contribution is 0.362. The first kappa shape index (κ1) is 11.1. The van der Waals surface area contributed by atoms with Crippen molar-refractivity contribution < 1.29 is 14.2 Å². The van der Waals surface area contributed by atoms with Gasteiger partial charge in [-0.1, -0.05) is 11.6 Å². The molecule has 1 aromatic rings. The van der Waals surface area contributed by atoms with E-state index in [-0.39, 0.29) is 22.1 Å². The maximum Gasteiger partial charge on any atom is 0.168 e. The largest absolute Gasteiger partial charge is 0.504 e. The molecule has 1 aromatic carbocycles. The van der Waals surface area contributed by atoms with E-state index in [4.69, 9.17) is 22.1 Å². The summed E-state index contributed by atoms with van der Waals surface area (Å²) >= 11 is 5.55. The van der Waals surface area contributed by atoms with Gasteiger partial charge in [0.05, 0.1) is 17.7 Å². The monoisotopic (exact) mass is 219 g/mol. The first-order valence-electron chi connectivity index (χ1n) is 3.99. The van der Waals surface area contributed by atoms with Crippen molar-refractivity contribution in [2.24, 2.45) is 5.73 Å². The molecule has 1 rings (SSSR count). The Morgan fingerprint density at radius 1 is 1.64 bits per heavy atom. The van der Waals surface area contributed by atoms with E-state index < -0.39 is 11.9 Å². The zero-order valence-electron chi connectivity index (χ0n) is 7.84. The Labute approximate surface area is 86.2 Å². The van der Waals surface area contributed by atoms with Crippen molar-refractivity contribution in [3.8, 4) is 11.5 Å². The minimum absolute atomic E-state index is 0.0295. The highest BCUT2D eigenvalue weighted by atomic mass is 35.5. The number of benzene rings is 1. The van der Waals surface area contributed by atoms with Crippen LogP contribution in [-0.4, -0.2) is 12.2 Å².